The van der Waals surface area contributed by atoms with Crippen molar-refractivity contribution in [2.45, 2.75) is 51.4 Å². The minimum atomic E-state index is 0.143. The van der Waals surface area contributed by atoms with E-state index in [-0.39, 0.29) is 11.8 Å². The van der Waals surface area contributed by atoms with Gasteiger partial charge in [-0.15, -0.1) is 0 Å². The van der Waals surface area contributed by atoms with Crippen molar-refractivity contribution in [2.75, 3.05) is 0 Å². The van der Waals surface area contributed by atoms with Crippen molar-refractivity contribution in [3.63, 3.8) is 0 Å². The van der Waals surface area contributed by atoms with Gasteiger partial charge < -0.3 is 5.32 Å². The van der Waals surface area contributed by atoms with Crippen LogP contribution in [0.15, 0.2) is 24.9 Å². The first kappa shape index (κ1) is 13.4. The highest BCUT2D eigenvalue weighted by molar-refractivity contribution is 5.80. The topological polar surface area (TPSA) is 29.1 Å². The molecule has 0 heterocycles. The van der Waals surface area contributed by atoms with Crippen LogP contribution in [0.5, 0.6) is 0 Å². The zero-order valence-corrected chi connectivity index (χ0v) is 11.3. The van der Waals surface area contributed by atoms with Crippen molar-refractivity contribution in [1.82, 2.24) is 5.32 Å². The molecule has 0 saturated heterocycles. The van der Waals surface area contributed by atoms with Crippen molar-refractivity contribution in [3.05, 3.63) is 24.9 Å². The molecule has 2 nitrogen and oxygen atoms in total. The van der Waals surface area contributed by atoms with Gasteiger partial charge in [-0.3, -0.25) is 4.79 Å². The maximum absolute atomic E-state index is 12.0. The summed E-state index contributed by atoms with van der Waals surface area (Å²) < 4.78 is 0. The van der Waals surface area contributed by atoms with Gasteiger partial charge in [0, 0.05) is 11.6 Å². The molecule has 18 heavy (non-hydrogen) atoms. The highest BCUT2D eigenvalue weighted by Gasteiger charge is 2.31. The largest absolute Gasteiger partial charge is 0.326 e. The fourth-order valence-corrected chi connectivity index (χ4v) is 3.59. The molecule has 0 bridgehead atoms. The summed E-state index contributed by atoms with van der Waals surface area (Å²) in [6.07, 6.45) is 11.9. The van der Waals surface area contributed by atoms with E-state index < -0.39 is 0 Å². The van der Waals surface area contributed by atoms with Gasteiger partial charge in [-0.2, -0.15) is 0 Å². The van der Waals surface area contributed by atoms with Crippen LogP contribution in [0.25, 0.3) is 0 Å². The number of amides is 1. The molecule has 100 valence electrons. The van der Waals surface area contributed by atoms with Crippen LogP contribution in [0.1, 0.15) is 51.4 Å². The molecule has 0 unspecified atom stereocenters. The molecular weight excluding hydrogens is 222 g/mol. The van der Waals surface area contributed by atoms with E-state index >= 15 is 0 Å². The lowest BCUT2D eigenvalue weighted by molar-refractivity contribution is -0.125. The molecule has 2 saturated carbocycles. The van der Waals surface area contributed by atoms with Crippen LogP contribution in [0.3, 0.4) is 0 Å². The van der Waals surface area contributed by atoms with Gasteiger partial charge in [0.15, 0.2) is 0 Å². The van der Waals surface area contributed by atoms with Crippen LogP contribution in [-0.2, 0) is 4.79 Å². The minimum Gasteiger partial charge on any atom is -0.326 e. The summed E-state index contributed by atoms with van der Waals surface area (Å²) in [5.41, 5.74) is 0.623. The summed E-state index contributed by atoms with van der Waals surface area (Å²) in [4.78, 5) is 12.0. The number of hydrogen-bond acceptors (Lipinski definition) is 1. The average molecular weight is 247 g/mol. The molecule has 0 radical (unpaired) electrons. The molecule has 0 atom stereocenters. The second-order valence-electron chi connectivity index (χ2n) is 5.87. The fourth-order valence-electron chi connectivity index (χ4n) is 3.59. The highest BCUT2D eigenvalue weighted by Crippen LogP contribution is 2.40. The number of hydrogen-bond donors (Lipinski definition) is 1. The smallest absolute Gasteiger partial charge is 0.227 e. The van der Waals surface area contributed by atoms with E-state index in [9.17, 15) is 4.79 Å². The second-order valence-corrected chi connectivity index (χ2v) is 5.87. The van der Waals surface area contributed by atoms with Gasteiger partial charge in [0.25, 0.3) is 0 Å². The van der Waals surface area contributed by atoms with E-state index in [4.69, 9.17) is 0 Å². The lowest BCUT2D eigenvalue weighted by Crippen LogP contribution is -2.33. The molecule has 2 aliphatic rings. The number of carbonyl (C=O) groups excluding carboxylic acids is 1. The quantitative estimate of drug-likeness (QED) is 0.752. The third-order valence-corrected chi connectivity index (χ3v) is 4.74. The van der Waals surface area contributed by atoms with Gasteiger partial charge in [-0.1, -0.05) is 38.8 Å². The van der Waals surface area contributed by atoms with Crippen LogP contribution < -0.4 is 5.32 Å². The first-order chi connectivity index (χ1) is 8.70. The predicted octanol–water partition coefficient (Wildman–Crippen LogP) is 3.80. The third kappa shape index (κ3) is 3.24. The number of carbonyl (C=O) groups is 1. The molecule has 2 heteroatoms. The van der Waals surface area contributed by atoms with Crippen molar-refractivity contribution in [2.24, 2.45) is 17.8 Å². The Morgan fingerprint density at radius 3 is 2.11 bits per heavy atom. The maximum Gasteiger partial charge on any atom is 0.227 e. The van der Waals surface area contributed by atoms with Crippen LogP contribution in [0.2, 0.25) is 0 Å². The van der Waals surface area contributed by atoms with Crippen molar-refractivity contribution < 1.29 is 4.79 Å². The molecular formula is C16H25NO. The molecule has 0 aromatic carbocycles. The molecule has 0 aliphatic heterocycles. The Morgan fingerprint density at radius 1 is 1.00 bits per heavy atom. The van der Waals surface area contributed by atoms with E-state index in [0.717, 1.165) is 24.7 Å². The molecule has 2 fully saturated rings. The first-order valence-electron chi connectivity index (χ1n) is 7.33. The summed E-state index contributed by atoms with van der Waals surface area (Å²) in [6, 6.07) is 0. The lowest BCUT2D eigenvalue weighted by atomic mass is 9.75. The molecule has 2 aliphatic carbocycles. The van der Waals surface area contributed by atoms with E-state index in [1.165, 1.54) is 38.5 Å². The number of allylic oxidation sites excluding steroid dienone is 1. The Bertz CT molecular complexity index is 320. The molecule has 0 aromatic rings. The Morgan fingerprint density at radius 2 is 1.56 bits per heavy atom. The van der Waals surface area contributed by atoms with Crippen LogP contribution in [0.4, 0.5) is 0 Å². The summed E-state index contributed by atoms with van der Waals surface area (Å²) in [5, 5.41) is 2.83. The summed E-state index contributed by atoms with van der Waals surface area (Å²) in [7, 11) is 0. The second kappa shape index (κ2) is 6.21. The Balaban J connectivity index is 1.77. The fraction of sp³-hybridized carbons (Fsp3) is 0.688. The zero-order valence-electron chi connectivity index (χ0n) is 11.3. The SMILES string of the molecule is C=CC(=C)NC(=O)C1CCC(C2CCCC2)CC1. The number of rotatable bonds is 4. The Kier molecular flexibility index (Phi) is 4.62. The normalized spacial score (nSPS) is 28.9. The van der Waals surface area contributed by atoms with Gasteiger partial charge in [-0.05, 0) is 43.6 Å². The number of nitrogens with one attached hydrogen (secondary N) is 1. The van der Waals surface area contributed by atoms with Crippen LogP contribution >= 0.6 is 0 Å². The van der Waals surface area contributed by atoms with Crippen molar-refractivity contribution in [3.8, 4) is 0 Å². The molecule has 1 N–H and O–H groups in total. The third-order valence-electron chi connectivity index (χ3n) is 4.74. The van der Waals surface area contributed by atoms with E-state index in [2.05, 4.69) is 18.5 Å². The highest BCUT2D eigenvalue weighted by atomic mass is 16.1. The lowest BCUT2D eigenvalue weighted by Gasteiger charge is -2.31. The average Bonchev–Trinajstić information content (AvgIpc) is 2.92. The maximum atomic E-state index is 12.0. The molecule has 1 amide bonds. The van der Waals surface area contributed by atoms with E-state index in [1.807, 2.05) is 0 Å². The summed E-state index contributed by atoms with van der Waals surface area (Å²) in [5.74, 6) is 2.18. The van der Waals surface area contributed by atoms with Gasteiger partial charge in [0.05, 0.1) is 0 Å². The minimum absolute atomic E-state index is 0.143. The van der Waals surface area contributed by atoms with E-state index in [0.29, 0.717) is 5.70 Å². The monoisotopic (exact) mass is 247 g/mol. The van der Waals surface area contributed by atoms with Crippen LogP contribution in [0, 0.1) is 17.8 Å². The molecule has 0 aromatic heterocycles. The van der Waals surface area contributed by atoms with Gasteiger partial charge in [-0.25, -0.2) is 0 Å². The van der Waals surface area contributed by atoms with Crippen molar-refractivity contribution in [1.29, 1.82) is 0 Å². The Hall–Kier alpha value is -1.05. The Labute approximate surface area is 111 Å². The van der Waals surface area contributed by atoms with Gasteiger partial charge in [0.1, 0.15) is 0 Å². The van der Waals surface area contributed by atoms with Crippen LogP contribution in [-0.4, -0.2) is 5.91 Å². The summed E-state index contributed by atoms with van der Waals surface area (Å²) >= 11 is 0. The summed E-state index contributed by atoms with van der Waals surface area (Å²) in [6.45, 7) is 7.34. The van der Waals surface area contributed by atoms with Gasteiger partial charge in [0.2, 0.25) is 5.91 Å². The predicted molar refractivity (Wildman–Crippen MR) is 74.9 cm³/mol. The molecule has 2 rings (SSSR count). The molecule has 0 spiro atoms. The van der Waals surface area contributed by atoms with Gasteiger partial charge >= 0.3 is 0 Å². The zero-order chi connectivity index (χ0) is 13.0. The van der Waals surface area contributed by atoms with Crippen molar-refractivity contribution >= 4 is 5.91 Å². The first-order valence-corrected chi connectivity index (χ1v) is 7.33. The van der Waals surface area contributed by atoms with E-state index in [1.54, 1.807) is 6.08 Å². The standard InChI is InChI=1S/C16H25NO/c1-3-12(2)17-16(18)15-10-8-14(9-11-15)13-6-4-5-7-13/h3,13-15H,1-2,4-11H2,(H,17,18).